The minimum Gasteiger partial charge on any atom is -0.299 e. The molecule has 1 fully saturated rings. The molecule has 0 N–H and O–H groups in total. The molecule has 1 aliphatic carbocycles. The van der Waals surface area contributed by atoms with Crippen LogP contribution in [0.25, 0.3) is 0 Å². The number of ketones is 1. The summed E-state index contributed by atoms with van der Waals surface area (Å²) in [5, 5.41) is 4.32. The maximum atomic E-state index is 12.6. The second-order valence-corrected chi connectivity index (χ2v) is 12.1. The Balaban J connectivity index is 1.70. The zero-order chi connectivity index (χ0) is 20.7. The predicted octanol–water partition coefficient (Wildman–Crippen LogP) is 5.91. The Hall–Kier alpha value is -2.24. The van der Waals surface area contributed by atoms with Crippen LogP contribution in [0.15, 0.2) is 91.0 Å². The predicted molar refractivity (Wildman–Crippen MR) is 131 cm³/mol. The third kappa shape index (κ3) is 4.57. The number of hydrogen-bond donors (Lipinski definition) is 0. The average molecular weight is 416 g/mol. The average Bonchev–Trinajstić information content (AvgIpc) is 3.02. The van der Waals surface area contributed by atoms with Crippen LogP contribution in [0.5, 0.6) is 0 Å². The van der Waals surface area contributed by atoms with Crippen molar-refractivity contribution in [3.63, 3.8) is 0 Å². The van der Waals surface area contributed by atoms with E-state index in [1.807, 2.05) is 0 Å². The third-order valence-corrected chi connectivity index (χ3v) is 11.1. The summed E-state index contributed by atoms with van der Waals surface area (Å²) in [6.07, 6.45) is 8.66. The maximum absolute atomic E-state index is 12.6. The zero-order valence-electron chi connectivity index (χ0n) is 17.7. The van der Waals surface area contributed by atoms with Crippen LogP contribution in [0.3, 0.4) is 0 Å². The van der Waals surface area contributed by atoms with Crippen molar-refractivity contribution in [3.05, 3.63) is 91.0 Å². The first kappa shape index (κ1) is 21.0. The molecule has 1 unspecified atom stereocenters. The molecule has 0 aliphatic heterocycles. The molecule has 0 heterocycles. The molecule has 30 heavy (non-hydrogen) atoms. The van der Waals surface area contributed by atoms with Crippen molar-refractivity contribution < 1.29 is 4.79 Å². The fraction of sp³-hybridized carbons (Fsp3) is 0.321. The summed E-state index contributed by atoms with van der Waals surface area (Å²) in [5.74, 6) is 0.785. The number of carbonyl (C=O) groups excluding carboxylic acids is 1. The molecule has 1 aliphatic rings. The van der Waals surface area contributed by atoms with Crippen LogP contribution >= 0.6 is 7.26 Å². The van der Waals surface area contributed by atoms with Gasteiger partial charge in [-0.15, -0.1) is 0 Å². The molecule has 3 aromatic rings. The van der Waals surface area contributed by atoms with Crippen molar-refractivity contribution in [2.75, 3.05) is 6.16 Å². The van der Waals surface area contributed by atoms with E-state index in [4.69, 9.17) is 0 Å². The van der Waals surface area contributed by atoms with E-state index in [2.05, 4.69) is 91.0 Å². The summed E-state index contributed by atoms with van der Waals surface area (Å²) in [6.45, 7) is 0. The monoisotopic (exact) mass is 415 g/mol. The van der Waals surface area contributed by atoms with Crippen molar-refractivity contribution >= 4 is 29.0 Å². The molecule has 2 heteroatoms. The van der Waals surface area contributed by atoms with Gasteiger partial charge in [-0.05, 0) is 62.1 Å². The Morgan fingerprint density at radius 3 is 1.67 bits per heavy atom. The number of hydrogen-bond acceptors (Lipinski definition) is 1. The van der Waals surface area contributed by atoms with Crippen LogP contribution in [-0.4, -0.2) is 11.9 Å². The van der Waals surface area contributed by atoms with Crippen LogP contribution < -0.4 is 15.9 Å². The molecular formula is C28H32OP+. The number of carbonyl (C=O) groups is 1. The van der Waals surface area contributed by atoms with E-state index in [0.29, 0.717) is 5.78 Å². The molecule has 0 bridgehead atoms. The summed E-state index contributed by atoms with van der Waals surface area (Å²) < 4.78 is 0. The van der Waals surface area contributed by atoms with E-state index in [9.17, 15) is 4.79 Å². The van der Waals surface area contributed by atoms with Crippen LogP contribution in [0.1, 0.15) is 44.9 Å². The first-order valence-electron chi connectivity index (χ1n) is 11.4. The van der Waals surface area contributed by atoms with Gasteiger partial charge in [0.25, 0.3) is 0 Å². The minimum atomic E-state index is -1.76. The van der Waals surface area contributed by atoms with Crippen LogP contribution in [0, 0.1) is 5.92 Å². The van der Waals surface area contributed by atoms with Gasteiger partial charge in [-0.25, -0.2) is 0 Å². The normalized spacial score (nSPS) is 17.5. The Morgan fingerprint density at radius 1 is 0.667 bits per heavy atom. The quantitative estimate of drug-likeness (QED) is 0.346. The Bertz CT molecular complexity index is 824. The van der Waals surface area contributed by atoms with Crippen molar-refractivity contribution in [2.24, 2.45) is 5.92 Å². The molecule has 0 amide bonds. The highest BCUT2D eigenvalue weighted by Crippen LogP contribution is 2.56. The highest BCUT2D eigenvalue weighted by molar-refractivity contribution is 7.95. The molecule has 0 radical (unpaired) electrons. The van der Waals surface area contributed by atoms with Crippen molar-refractivity contribution in [3.8, 4) is 0 Å². The second kappa shape index (κ2) is 10.2. The van der Waals surface area contributed by atoms with Gasteiger partial charge in [0.15, 0.2) is 0 Å². The fourth-order valence-electron chi connectivity index (χ4n) is 4.99. The Morgan fingerprint density at radius 2 is 1.17 bits per heavy atom. The molecule has 4 rings (SSSR count). The number of rotatable bonds is 7. The third-order valence-electron chi connectivity index (χ3n) is 6.57. The van der Waals surface area contributed by atoms with E-state index in [-0.39, 0.29) is 5.92 Å². The molecule has 0 aromatic heterocycles. The molecule has 1 atom stereocenters. The fourth-order valence-corrected chi connectivity index (χ4v) is 9.36. The Kier molecular flexibility index (Phi) is 7.13. The van der Waals surface area contributed by atoms with Crippen molar-refractivity contribution in [1.29, 1.82) is 0 Å². The first-order chi connectivity index (χ1) is 14.8. The maximum Gasteiger partial charge on any atom is 0.135 e. The molecule has 0 spiro atoms. The highest BCUT2D eigenvalue weighted by Gasteiger charge is 2.44. The Labute approximate surface area is 181 Å². The van der Waals surface area contributed by atoms with Gasteiger partial charge in [0.1, 0.15) is 29.0 Å². The van der Waals surface area contributed by atoms with Crippen LogP contribution in [0.4, 0.5) is 0 Å². The van der Waals surface area contributed by atoms with Gasteiger partial charge >= 0.3 is 0 Å². The van der Waals surface area contributed by atoms with Gasteiger partial charge in [0, 0.05) is 12.3 Å². The zero-order valence-corrected chi connectivity index (χ0v) is 18.6. The van der Waals surface area contributed by atoms with E-state index in [1.54, 1.807) is 0 Å². The van der Waals surface area contributed by atoms with E-state index in [0.717, 1.165) is 38.3 Å². The molecule has 1 nitrogen and oxygen atoms in total. The van der Waals surface area contributed by atoms with Gasteiger partial charge in [0.05, 0.1) is 6.16 Å². The van der Waals surface area contributed by atoms with E-state index in [1.165, 1.54) is 28.8 Å². The lowest BCUT2D eigenvalue weighted by Crippen LogP contribution is -2.33. The number of Topliss-reactive ketones (excluding diaryl/α,β-unsaturated/α-hetero) is 1. The summed E-state index contributed by atoms with van der Waals surface area (Å²) in [6, 6.07) is 33.2. The largest absolute Gasteiger partial charge is 0.299 e. The summed E-state index contributed by atoms with van der Waals surface area (Å²) in [7, 11) is -1.76. The van der Waals surface area contributed by atoms with Crippen molar-refractivity contribution in [2.45, 2.75) is 44.9 Å². The smallest absolute Gasteiger partial charge is 0.135 e. The second-order valence-electron chi connectivity index (χ2n) is 8.44. The van der Waals surface area contributed by atoms with Gasteiger partial charge < -0.3 is 0 Å². The van der Waals surface area contributed by atoms with Crippen molar-refractivity contribution in [1.82, 2.24) is 0 Å². The first-order valence-corrected chi connectivity index (χ1v) is 13.4. The van der Waals surface area contributed by atoms with Gasteiger partial charge in [-0.1, -0.05) is 67.4 Å². The molecule has 154 valence electrons. The van der Waals surface area contributed by atoms with Gasteiger partial charge in [-0.2, -0.15) is 0 Å². The van der Waals surface area contributed by atoms with Gasteiger partial charge in [-0.3, -0.25) is 4.79 Å². The summed E-state index contributed by atoms with van der Waals surface area (Å²) in [4.78, 5) is 12.6. The highest BCUT2D eigenvalue weighted by atomic mass is 31.2. The van der Waals surface area contributed by atoms with Crippen LogP contribution in [0.2, 0.25) is 0 Å². The topological polar surface area (TPSA) is 17.1 Å². The SMILES string of the molecule is O=C1CCCCCC1CCC[P+](c1ccccc1)(c1ccccc1)c1ccccc1. The van der Waals surface area contributed by atoms with Crippen LogP contribution in [-0.2, 0) is 4.79 Å². The molecule has 1 saturated carbocycles. The minimum absolute atomic E-state index is 0.275. The molecule has 0 saturated heterocycles. The summed E-state index contributed by atoms with van der Waals surface area (Å²) in [5.41, 5.74) is 0. The van der Waals surface area contributed by atoms with Gasteiger partial charge in [0.2, 0.25) is 0 Å². The lowest BCUT2D eigenvalue weighted by Gasteiger charge is -2.28. The van der Waals surface area contributed by atoms with E-state index < -0.39 is 7.26 Å². The number of benzene rings is 3. The molecular weight excluding hydrogens is 383 g/mol. The van der Waals surface area contributed by atoms with E-state index >= 15 is 0 Å². The lowest BCUT2D eigenvalue weighted by molar-refractivity contribution is -0.122. The lowest BCUT2D eigenvalue weighted by atomic mass is 9.94. The molecule has 3 aromatic carbocycles. The standard InChI is InChI=1S/C28H32OP/c29-28-22-12-1-5-14-24(28)15-13-23-30(25-16-6-2-7-17-25,26-18-8-3-9-19-26)27-20-10-4-11-21-27/h2-4,6-11,16-21,24H,1,5,12-15,22-23H2/q+1. The summed E-state index contributed by atoms with van der Waals surface area (Å²) >= 11 is 0.